The molecule has 0 spiro atoms. The van der Waals surface area contributed by atoms with Crippen LogP contribution in [-0.4, -0.2) is 21.4 Å². The number of methoxy groups -OCH3 is 1. The van der Waals surface area contributed by atoms with Crippen molar-refractivity contribution in [1.82, 2.24) is 5.32 Å². The quantitative estimate of drug-likeness (QED) is 0.871. The van der Waals surface area contributed by atoms with E-state index in [1.165, 1.54) is 12.1 Å². The highest BCUT2D eigenvalue weighted by atomic mass is 32.2. The Bertz CT molecular complexity index is 784. The number of amides is 1. The van der Waals surface area contributed by atoms with E-state index in [0.717, 1.165) is 5.56 Å². The third kappa shape index (κ3) is 4.30. The molecule has 2 rings (SSSR count). The summed E-state index contributed by atoms with van der Waals surface area (Å²) in [6.07, 6.45) is 0. The summed E-state index contributed by atoms with van der Waals surface area (Å²) < 4.78 is 27.5. The number of hydrogen-bond donors (Lipinski definition) is 2. The van der Waals surface area contributed by atoms with Gasteiger partial charge in [0, 0.05) is 5.56 Å². The fourth-order valence-electron chi connectivity index (χ4n) is 2.05. The second kappa shape index (κ2) is 6.80. The van der Waals surface area contributed by atoms with E-state index < -0.39 is 10.0 Å². The maximum Gasteiger partial charge on any atom is 0.251 e. The molecule has 0 radical (unpaired) electrons. The van der Waals surface area contributed by atoms with Gasteiger partial charge in [0.2, 0.25) is 10.0 Å². The highest BCUT2D eigenvalue weighted by molar-refractivity contribution is 7.89. The van der Waals surface area contributed by atoms with Gasteiger partial charge in [-0.25, -0.2) is 13.6 Å². The third-order valence-corrected chi connectivity index (χ3v) is 4.34. The SMILES string of the molecule is COc1ccc(C(=O)NC(C)c2ccc(S(N)(=O)=O)cc2)cc1. The van der Waals surface area contributed by atoms with E-state index in [9.17, 15) is 13.2 Å². The number of rotatable bonds is 5. The number of nitrogens with two attached hydrogens (primary N) is 1. The molecule has 0 aliphatic rings. The first-order valence-corrected chi connectivity index (χ1v) is 8.43. The van der Waals surface area contributed by atoms with E-state index in [1.54, 1.807) is 43.5 Å². The summed E-state index contributed by atoms with van der Waals surface area (Å²) in [5.41, 5.74) is 1.29. The monoisotopic (exact) mass is 334 g/mol. The summed E-state index contributed by atoms with van der Waals surface area (Å²) >= 11 is 0. The molecule has 0 aliphatic heterocycles. The molecule has 7 heteroatoms. The molecule has 0 bridgehead atoms. The van der Waals surface area contributed by atoms with Crippen LogP contribution in [0, 0.1) is 0 Å². The minimum absolute atomic E-state index is 0.0370. The molecule has 2 aromatic rings. The fourth-order valence-corrected chi connectivity index (χ4v) is 2.57. The van der Waals surface area contributed by atoms with Gasteiger partial charge in [-0.3, -0.25) is 4.79 Å². The molecule has 3 N–H and O–H groups in total. The molecular weight excluding hydrogens is 316 g/mol. The molecule has 23 heavy (non-hydrogen) atoms. The predicted molar refractivity (Wildman–Crippen MR) is 86.7 cm³/mol. The molecule has 0 fully saturated rings. The minimum Gasteiger partial charge on any atom is -0.497 e. The van der Waals surface area contributed by atoms with Crippen molar-refractivity contribution in [3.63, 3.8) is 0 Å². The molecule has 0 saturated heterocycles. The van der Waals surface area contributed by atoms with Crippen LogP contribution in [0.1, 0.15) is 28.9 Å². The largest absolute Gasteiger partial charge is 0.497 e. The Hall–Kier alpha value is -2.38. The molecule has 1 atom stereocenters. The van der Waals surface area contributed by atoms with Crippen LogP contribution >= 0.6 is 0 Å². The molecule has 1 amide bonds. The van der Waals surface area contributed by atoms with Crippen molar-refractivity contribution in [2.24, 2.45) is 5.14 Å². The Morgan fingerprint density at radius 1 is 1.09 bits per heavy atom. The molecule has 0 saturated carbocycles. The van der Waals surface area contributed by atoms with Crippen molar-refractivity contribution in [2.45, 2.75) is 17.9 Å². The van der Waals surface area contributed by atoms with E-state index >= 15 is 0 Å². The van der Waals surface area contributed by atoms with Gasteiger partial charge in [-0.05, 0) is 48.9 Å². The Labute approximate surface area is 135 Å². The van der Waals surface area contributed by atoms with Crippen LogP contribution in [0.25, 0.3) is 0 Å². The predicted octanol–water partition coefficient (Wildman–Crippen LogP) is 1.83. The summed E-state index contributed by atoms with van der Waals surface area (Å²) in [6, 6.07) is 12.6. The van der Waals surface area contributed by atoms with Crippen LogP contribution < -0.4 is 15.2 Å². The van der Waals surface area contributed by atoms with E-state index in [-0.39, 0.29) is 16.8 Å². The first-order valence-electron chi connectivity index (χ1n) is 6.89. The molecule has 0 aromatic heterocycles. The van der Waals surface area contributed by atoms with Crippen LogP contribution in [0.5, 0.6) is 5.75 Å². The van der Waals surface area contributed by atoms with Crippen molar-refractivity contribution in [3.8, 4) is 5.75 Å². The topological polar surface area (TPSA) is 98.5 Å². The van der Waals surface area contributed by atoms with Crippen molar-refractivity contribution < 1.29 is 17.9 Å². The highest BCUT2D eigenvalue weighted by Gasteiger charge is 2.13. The Morgan fingerprint density at radius 3 is 2.13 bits per heavy atom. The van der Waals surface area contributed by atoms with Crippen LogP contribution in [0.4, 0.5) is 0 Å². The third-order valence-electron chi connectivity index (χ3n) is 3.41. The lowest BCUT2D eigenvalue weighted by molar-refractivity contribution is 0.0940. The zero-order valence-electron chi connectivity index (χ0n) is 12.8. The number of primary sulfonamides is 1. The molecular formula is C16H18N2O4S. The fraction of sp³-hybridized carbons (Fsp3) is 0.188. The van der Waals surface area contributed by atoms with Gasteiger partial charge in [-0.2, -0.15) is 0 Å². The maximum absolute atomic E-state index is 12.2. The highest BCUT2D eigenvalue weighted by Crippen LogP contribution is 2.17. The van der Waals surface area contributed by atoms with Gasteiger partial charge < -0.3 is 10.1 Å². The summed E-state index contributed by atoms with van der Waals surface area (Å²) in [4.78, 5) is 12.2. The van der Waals surface area contributed by atoms with Gasteiger partial charge in [0.05, 0.1) is 18.0 Å². The first kappa shape index (κ1) is 17.0. The van der Waals surface area contributed by atoms with Crippen LogP contribution in [-0.2, 0) is 10.0 Å². The Kier molecular flexibility index (Phi) is 5.02. The average Bonchev–Trinajstić information content (AvgIpc) is 2.54. The standard InChI is InChI=1S/C16H18N2O4S/c1-11(12-5-9-15(10-6-12)23(17,20)21)18-16(19)13-3-7-14(22-2)8-4-13/h3-11H,1-2H3,(H,18,19)(H2,17,20,21). The second-order valence-corrected chi connectivity index (χ2v) is 6.60. The van der Waals surface area contributed by atoms with Crippen molar-refractivity contribution in [1.29, 1.82) is 0 Å². The van der Waals surface area contributed by atoms with Gasteiger partial charge in [0.15, 0.2) is 0 Å². The summed E-state index contributed by atoms with van der Waals surface area (Å²) in [6.45, 7) is 1.81. The number of hydrogen-bond acceptors (Lipinski definition) is 4. The van der Waals surface area contributed by atoms with Crippen molar-refractivity contribution in [3.05, 3.63) is 59.7 Å². The number of carbonyl (C=O) groups excluding carboxylic acids is 1. The Morgan fingerprint density at radius 2 is 1.65 bits per heavy atom. The first-order chi connectivity index (χ1) is 10.8. The number of sulfonamides is 1. The lowest BCUT2D eigenvalue weighted by Gasteiger charge is -2.15. The lowest BCUT2D eigenvalue weighted by Crippen LogP contribution is -2.26. The molecule has 122 valence electrons. The van der Waals surface area contributed by atoms with Crippen molar-refractivity contribution >= 4 is 15.9 Å². The number of nitrogens with one attached hydrogen (secondary N) is 1. The van der Waals surface area contributed by atoms with E-state index in [2.05, 4.69) is 5.32 Å². The van der Waals surface area contributed by atoms with Gasteiger partial charge >= 0.3 is 0 Å². The van der Waals surface area contributed by atoms with Gasteiger partial charge in [0.25, 0.3) is 5.91 Å². The minimum atomic E-state index is -3.72. The number of benzene rings is 2. The van der Waals surface area contributed by atoms with Crippen LogP contribution in [0.15, 0.2) is 53.4 Å². The Balaban J connectivity index is 2.08. The molecule has 0 aliphatic carbocycles. The molecule has 6 nitrogen and oxygen atoms in total. The van der Waals surface area contributed by atoms with Gasteiger partial charge in [-0.1, -0.05) is 12.1 Å². The average molecular weight is 334 g/mol. The van der Waals surface area contributed by atoms with E-state index in [1.807, 2.05) is 6.92 Å². The number of carbonyl (C=O) groups is 1. The van der Waals surface area contributed by atoms with E-state index in [0.29, 0.717) is 11.3 Å². The van der Waals surface area contributed by atoms with Gasteiger partial charge in [0.1, 0.15) is 5.75 Å². The van der Waals surface area contributed by atoms with Crippen LogP contribution in [0.2, 0.25) is 0 Å². The molecule has 2 aromatic carbocycles. The molecule has 1 unspecified atom stereocenters. The zero-order valence-corrected chi connectivity index (χ0v) is 13.6. The zero-order chi connectivity index (χ0) is 17.0. The summed E-state index contributed by atoms with van der Waals surface area (Å²) in [5, 5.41) is 7.90. The second-order valence-electron chi connectivity index (χ2n) is 5.04. The van der Waals surface area contributed by atoms with E-state index in [4.69, 9.17) is 9.88 Å². The smallest absolute Gasteiger partial charge is 0.251 e. The normalized spacial score (nSPS) is 12.5. The van der Waals surface area contributed by atoms with Gasteiger partial charge in [-0.15, -0.1) is 0 Å². The molecule has 0 heterocycles. The lowest BCUT2D eigenvalue weighted by atomic mass is 10.1. The van der Waals surface area contributed by atoms with Crippen molar-refractivity contribution in [2.75, 3.05) is 7.11 Å². The summed E-state index contributed by atoms with van der Waals surface area (Å²) in [5.74, 6) is 0.448. The van der Waals surface area contributed by atoms with Crippen LogP contribution in [0.3, 0.4) is 0 Å². The number of ether oxygens (including phenoxy) is 1. The summed E-state index contributed by atoms with van der Waals surface area (Å²) in [7, 11) is -2.16. The maximum atomic E-state index is 12.2.